The third-order valence-corrected chi connectivity index (χ3v) is 10.9. The highest BCUT2D eigenvalue weighted by Gasteiger charge is 2.48. The molecule has 0 radical (unpaired) electrons. The summed E-state index contributed by atoms with van der Waals surface area (Å²) in [5, 5.41) is 84.7. The van der Waals surface area contributed by atoms with E-state index in [1.165, 1.54) is 64.2 Å². The van der Waals surface area contributed by atoms with Crippen LogP contribution in [0.25, 0.3) is 10.9 Å². The summed E-state index contributed by atoms with van der Waals surface area (Å²) in [6.07, 6.45) is 5.57. The molecule has 11 unspecified atom stereocenters. The lowest BCUT2D eigenvalue weighted by molar-refractivity contribution is -0.323. The Bertz CT molecular complexity index is 1390. The SMILES string of the molecule is CC(O)CCCCCCCCCCCCCCCCC(=O)NCCc1c[nH]c2ccc(OC3OC(COC4OC(CO)C(O)C(O)C4O)C(O)C(O)C3O)cc12. The van der Waals surface area contributed by atoms with Gasteiger partial charge in [-0.05, 0) is 49.9 Å². The summed E-state index contributed by atoms with van der Waals surface area (Å²) < 4.78 is 22.5. The van der Waals surface area contributed by atoms with E-state index in [4.69, 9.17) is 18.9 Å². The van der Waals surface area contributed by atoms with Gasteiger partial charge < -0.3 is 70.1 Å². The number of aliphatic hydroxyl groups excluding tert-OH is 8. The molecule has 2 aromatic rings. The second-order valence-electron chi connectivity index (χ2n) is 15.6. The summed E-state index contributed by atoms with van der Waals surface area (Å²) in [7, 11) is 0. The lowest BCUT2D eigenvalue weighted by atomic mass is 9.98. The number of aliphatic hydroxyl groups is 8. The maximum atomic E-state index is 12.5. The molecular weight excluding hydrogens is 728 g/mol. The highest BCUT2D eigenvalue weighted by molar-refractivity contribution is 5.84. The van der Waals surface area contributed by atoms with E-state index in [1.54, 1.807) is 18.2 Å². The van der Waals surface area contributed by atoms with Crippen LogP contribution >= 0.6 is 0 Å². The number of amides is 1. The van der Waals surface area contributed by atoms with Gasteiger partial charge in [-0.3, -0.25) is 4.79 Å². The van der Waals surface area contributed by atoms with Crippen molar-refractivity contribution in [3.63, 3.8) is 0 Å². The predicted octanol–water partition coefficient (Wildman–Crippen LogP) is 2.45. The van der Waals surface area contributed by atoms with Crippen molar-refractivity contribution in [3.8, 4) is 5.75 Å². The molecular formula is C41H68N2O13. The summed E-state index contributed by atoms with van der Waals surface area (Å²) >= 11 is 0. The fraction of sp³-hybridized carbons (Fsp3) is 0.780. The maximum Gasteiger partial charge on any atom is 0.229 e. The number of unbranched alkanes of at least 4 members (excludes halogenated alkanes) is 13. The Labute approximate surface area is 330 Å². The molecule has 10 N–H and O–H groups in total. The molecule has 56 heavy (non-hydrogen) atoms. The van der Waals surface area contributed by atoms with E-state index >= 15 is 0 Å². The van der Waals surface area contributed by atoms with Crippen molar-refractivity contribution < 1.29 is 64.6 Å². The fourth-order valence-corrected chi connectivity index (χ4v) is 7.39. The van der Waals surface area contributed by atoms with E-state index in [1.807, 2.05) is 13.1 Å². The van der Waals surface area contributed by atoms with E-state index in [-0.39, 0.29) is 12.0 Å². The quantitative estimate of drug-likeness (QED) is 0.0616. The minimum absolute atomic E-state index is 0.0334. The molecule has 4 rings (SSSR count). The number of carbonyl (C=O) groups is 1. The lowest BCUT2D eigenvalue weighted by Crippen LogP contribution is -2.62. The third-order valence-electron chi connectivity index (χ3n) is 10.9. The first kappa shape index (κ1) is 46.3. The molecule has 1 aromatic carbocycles. The van der Waals surface area contributed by atoms with E-state index in [0.717, 1.165) is 48.6 Å². The monoisotopic (exact) mass is 796 g/mol. The molecule has 0 spiro atoms. The Kier molecular flexibility index (Phi) is 20.2. The van der Waals surface area contributed by atoms with Crippen molar-refractivity contribution in [1.29, 1.82) is 0 Å². The zero-order valence-corrected chi connectivity index (χ0v) is 32.9. The predicted molar refractivity (Wildman–Crippen MR) is 208 cm³/mol. The molecule has 2 fully saturated rings. The minimum atomic E-state index is -1.67. The van der Waals surface area contributed by atoms with Crippen molar-refractivity contribution in [2.45, 2.75) is 184 Å². The summed E-state index contributed by atoms with van der Waals surface area (Å²) in [6, 6.07) is 5.20. The Morgan fingerprint density at radius 3 is 1.91 bits per heavy atom. The molecule has 320 valence electrons. The van der Waals surface area contributed by atoms with Crippen LogP contribution in [0, 0.1) is 0 Å². The molecule has 0 aliphatic carbocycles. The first-order chi connectivity index (χ1) is 27.0. The van der Waals surface area contributed by atoms with Crippen molar-refractivity contribution in [2.75, 3.05) is 19.8 Å². The van der Waals surface area contributed by atoms with Crippen molar-refractivity contribution in [3.05, 3.63) is 30.0 Å². The third kappa shape index (κ3) is 14.5. The Balaban J connectivity index is 1.11. The number of ether oxygens (including phenoxy) is 4. The molecule has 2 aliphatic heterocycles. The van der Waals surface area contributed by atoms with Gasteiger partial charge in [-0.25, -0.2) is 0 Å². The number of aromatic nitrogens is 1. The number of nitrogens with one attached hydrogen (secondary N) is 2. The summed E-state index contributed by atoms with van der Waals surface area (Å²) in [4.78, 5) is 15.7. The average molecular weight is 797 g/mol. The summed E-state index contributed by atoms with van der Waals surface area (Å²) in [5.41, 5.74) is 1.78. The van der Waals surface area contributed by atoms with Crippen LogP contribution < -0.4 is 10.1 Å². The van der Waals surface area contributed by atoms with Gasteiger partial charge in [-0.15, -0.1) is 0 Å². The number of hydrogen-bond acceptors (Lipinski definition) is 13. The van der Waals surface area contributed by atoms with Crippen LogP contribution in [0.3, 0.4) is 0 Å². The normalized spacial score (nSPS) is 28.7. The van der Waals surface area contributed by atoms with E-state index in [9.17, 15) is 45.6 Å². The highest BCUT2D eigenvalue weighted by atomic mass is 16.7. The molecule has 1 aromatic heterocycles. The molecule has 2 saturated heterocycles. The van der Waals surface area contributed by atoms with Crippen LogP contribution in [-0.4, -0.2) is 139 Å². The van der Waals surface area contributed by atoms with Crippen LogP contribution in [0.1, 0.15) is 115 Å². The van der Waals surface area contributed by atoms with Gasteiger partial charge in [0.25, 0.3) is 0 Å². The molecule has 0 bridgehead atoms. The van der Waals surface area contributed by atoms with Crippen LogP contribution in [0.4, 0.5) is 0 Å². The van der Waals surface area contributed by atoms with Crippen molar-refractivity contribution >= 4 is 16.8 Å². The van der Waals surface area contributed by atoms with Crippen LogP contribution in [-0.2, 0) is 25.4 Å². The Morgan fingerprint density at radius 2 is 1.30 bits per heavy atom. The first-order valence-corrected chi connectivity index (χ1v) is 20.8. The summed E-state index contributed by atoms with van der Waals surface area (Å²) in [6.45, 7) is 1.21. The number of hydrogen-bond donors (Lipinski definition) is 10. The number of carbonyl (C=O) groups excluding carboxylic acids is 1. The average Bonchev–Trinajstić information content (AvgIpc) is 3.58. The standard InChI is InChI=1S/C41H68N2O13/c1-26(45)16-14-12-10-8-6-4-2-3-5-7-9-11-13-15-17-33(46)42-21-20-27-23-43-30-19-18-28(22-29(27)30)54-41-39(52)37(50)35(48)32(56-41)25-53-40-38(51)36(49)34(47)31(24-44)55-40/h18-19,22-23,26,31-32,34-41,43-45,47-52H,2-17,20-21,24-25H2,1H3,(H,42,46). The second-order valence-corrected chi connectivity index (χ2v) is 15.6. The van der Waals surface area contributed by atoms with Gasteiger partial charge in [0.1, 0.15) is 54.6 Å². The molecule has 3 heterocycles. The van der Waals surface area contributed by atoms with Gasteiger partial charge in [0.15, 0.2) is 6.29 Å². The van der Waals surface area contributed by atoms with Crippen LogP contribution in [0.5, 0.6) is 5.75 Å². The van der Waals surface area contributed by atoms with Gasteiger partial charge >= 0.3 is 0 Å². The zero-order valence-electron chi connectivity index (χ0n) is 32.9. The lowest BCUT2D eigenvalue weighted by Gasteiger charge is -2.42. The van der Waals surface area contributed by atoms with Crippen molar-refractivity contribution in [1.82, 2.24) is 10.3 Å². The molecule has 15 nitrogen and oxygen atoms in total. The number of fused-ring (bicyclic) bond motifs is 1. The van der Waals surface area contributed by atoms with Crippen molar-refractivity contribution in [2.24, 2.45) is 0 Å². The molecule has 11 atom stereocenters. The molecule has 1 amide bonds. The number of H-pyrrole nitrogens is 1. The smallest absolute Gasteiger partial charge is 0.229 e. The van der Waals surface area contributed by atoms with Gasteiger partial charge in [0, 0.05) is 30.1 Å². The number of aromatic amines is 1. The highest BCUT2D eigenvalue weighted by Crippen LogP contribution is 2.30. The second kappa shape index (κ2) is 24.5. The fourth-order valence-electron chi connectivity index (χ4n) is 7.39. The van der Waals surface area contributed by atoms with Gasteiger partial charge in [0.05, 0.1) is 19.3 Å². The molecule has 15 heteroatoms. The van der Waals surface area contributed by atoms with E-state index < -0.39 is 74.6 Å². The Hall–Kier alpha value is -2.41. The number of rotatable bonds is 26. The van der Waals surface area contributed by atoms with Gasteiger partial charge in [0.2, 0.25) is 12.2 Å². The van der Waals surface area contributed by atoms with E-state index in [0.29, 0.717) is 25.1 Å². The summed E-state index contributed by atoms with van der Waals surface area (Å²) in [5.74, 6) is 0.349. The van der Waals surface area contributed by atoms with Crippen LogP contribution in [0.2, 0.25) is 0 Å². The maximum absolute atomic E-state index is 12.5. The first-order valence-electron chi connectivity index (χ1n) is 20.8. The molecule has 0 saturated carbocycles. The minimum Gasteiger partial charge on any atom is -0.462 e. The zero-order chi connectivity index (χ0) is 40.5. The molecule has 2 aliphatic rings. The van der Waals surface area contributed by atoms with Crippen LogP contribution in [0.15, 0.2) is 24.4 Å². The largest absolute Gasteiger partial charge is 0.462 e. The topological polar surface area (TPSA) is 244 Å². The van der Waals surface area contributed by atoms with Gasteiger partial charge in [-0.2, -0.15) is 0 Å². The van der Waals surface area contributed by atoms with E-state index in [2.05, 4.69) is 10.3 Å². The number of benzene rings is 1. The van der Waals surface area contributed by atoms with Gasteiger partial charge in [-0.1, -0.05) is 83.5 Å². The Morgan fingerprint density at radius 1 is 0.750 bits per heavy atom.